The molecule has 0 rings (SSSR count). The normalized spacial score (nSPS) is 14.3. The zero-order chi connectivity index (χ0) is 72.5. The molecule has 1 N–H and O–H groups in total. The molecule has 2 unspecified atom stereocenters. The van der Waals surface area contributed by atoms with E-state index < -0.39 is 26.5 Å². The van der Waals surface area contributed by atoms with Crippen molar-refractivity contribution in [2.75, 3.05) is 47.5 Å². The number of unbranched alkanes of at least 4 members (excludes halogenated alkanes) is 17. The Labute approximate surface area is 613 Å². The van der Waals surface area contributed by atoms with E-state index in [9.17, 15) is 19.0 Å². The van der Waals surface area contributed by atoms with Crippen LogP contribution in [0.5, 0.6) is 0 Å². The van der Waals surface area contributed by atoms with Gasteiger partial charge in [-0.25, -0.2) is 4.57 Å². The summed E-state index contributed by atoms with van der Waals surface area (Å²) in [5, 5.41) is 0. The minimum absolute atomic E-state index is 0.0169. The van der Waals surface area contributed by atoms with Crippen molar-refractivity contribution in [3.63, 3.8) is 0 Å². The second-order valence-electron chi connectivity index (χ2n) is 26.3. The molecule has 0 aromatic heterocycles. The Morgan fingerprint density at radius 2 is 0.540 bits per heavy atom. The molecular formula is C90H143NO8P+. The van der Waals surface area contributed by atoms with Gasteiger partial charge in [0, 0.05) is 12.8 Å². The van der Waals surface area contributed by atoms with Gasteiger partial charge in [-0.2, -0.15) is 0 Å². The van der Waals surface area contributed by atoms with Gasteiger partial charge in [-0.3, -0.25) is 18.6 Å². The summed E-state index contributed by atoms with van der Waals surface area (Å²) < 4.78 is 34.8. The van der Waals surface area contributed by atoms with Gasteiger partial charge < -0.3 is 18.9 Å². The average Bonchev–Trinajstić information content (AvgIpc) is 1.07. The van der Waals surface area contributed by atoms with Crippen molar-refractivity contribution in [2.24, 2.45) is 0 Å². The Bertz CT molecular complexity index is 2550. The van der Waals surface area contributed by atoms with Gasteiger partial charge in [0.05, 0.1) is 27.7 Å². The van der Waals surface area contributed by atoms with E-state index in [2.05, 4.69) is 245 Å². The number of carbonyl (C=O) groups is 2. The molecule has 9 nitrogen and oxygen atoms in total. The van der Waals surface area contributed by atoms with E-state index in [1.807, 2.05) is 21.1 Å². The third-order valence-electron chi connectivity index (χ3n) is 15.7. The van der Waals surface area contributed by atoms with Crippen molar-refractivity contribution >= 4 is 19.8 Å². The highest BCUT2D eigenvalue weighted by Crippen LogP contribution is 2.43. The largest absolute Gasteiger partial charge is 0.472 e. The number of esters is 2. The van der Waals surface area contributed by atoms with Crippen molar-refractivity contribution in [1.82, 2.24) is 0 Å². The maximum absolute atomic E-state index is 12.9. The number of ether oxygens (including phenoxy) is 2. The second-order valence-corrected chi connectivity index (χ2v) is 27.7. The molecule has 0 aliphatic heterocycles. The predicted octanol–water partition coefficient (Wildman–Crippen LogP) is 26.5. The number of likely N-dealkylation sites (N-methyl/N-ethyl adjacent to an activating group) is 1. The molecule has 0 spiro atoms. The molecule has 2 atom stereocenters. The lowest BCUT2D eigenvalue weighted by molar-refractivity contribution is -0.870. The number of nitrogens with zero attached hydrogens (tertiary/aromatic N) is 1. The molecular weight excluding hydrogens is 1250 g/mol. The summed E-state index contributed by atoms with van der Waals surface area (Å²) in [6, 6.07) is 0. The molecule has 0 saturated carbocycles. The summed E-state index contributed by atoms with van der Waals surface area (Å²) in [7, 11) is 1.44. The van der Waals surface area contributed by atoms with Crippen LogP contribution in [-0.2, 0) is 32.7 Å². The van der Waals surface area contributed by atoms with Crippen LogP contribution in [0.15, 0.2) is 231 Å². The zero-order valence-corrected chi connectivity index (χ0v) is 64.7. The summed E-state index contributed by atoms with van der Waals surface area (Å²) in [6.07, 6.45) is 124. The van der Waals surface area contributed by atoms with Crippen LogP contribution in [0, 0.1) is 0 Å². The van der Waals surface area contributed by atoms with Gasteiger partial charge in [0.15, 0.2) is 6.10 Å². The van der Waals surface area contributed by atoms with Crippen LogP contribution in [0.4, 0.5) is 0 Å². The molecule has 100 heavy (non-hydrogen) atoms. The first kappa shape index (κ1) is 94.1. The number of allylic oxidation sites excluding steroid dienone is 38. The maximum atomic E-state index is 12.9. The van der Waals surface area contributed by atoms with Gasteiger partial charge >= 0.3 is 19.8 Å². The smallest absolute Gasteiger partial charge is 0.462 e. The average molecular weight is 1400 g/mol. The SMILES string of the molecule is CC/C=C\C/C=C\C/C=C\C/C=C\C/C=C\C/C=C\C/C=C\C/C=C\C/C=C\C/C=C\CCCCCCCCCCC(=O)OC(COC(=O)CCCCCCCCCCC/C=C\C/C=C\C/C=C\C/C=C\C/C=C\C/C=C\C/C=C\C/C=C\C/C=C\CC)COP(=O)(O)OCC[N+](C)(C)C. The first-order chi connectivity index (χ1) is 49.0. The molecule has 10 heteroatoms. The number of hydrogen-bond donors (Lipinski definition) is 1. The monoisotopic (exact) mass is 1400 g/mol. The summed E-state index contributed by atoms with van der Waals surface area (Å²) in [4.78, 5) is 36.0. The minimum atomic E-state index is -4.42. The predicted molar refractivity (Wildman–Crippen MR) is 435 cm³/mol. The van der Waals surface area contributed by atoms with E-state index in [0.717, 1.165) is 180 Å². The van der Waals surface area contributed by atoms with Crippen molar-refractivity contribution in [3.8, 4) is 0 Å². The Morgan fingerprint density at radius 1 is 0.310 bits per heavy atom. The number of rotatable bonds is 69. The highest BCUT2D eigenvalue weighted by molar-refractivity contribution is 7.47. The fraction of sp³-hybridized carbons (Fsp3) is 0.556. The zero-order valence-electron chi connectivity index (χ0n) is 63.8. The molecule has 0 heterocycles. The lowest BCUT2D eigenvalue weighted by atomic mass is 10.1. The fourth-order valence-electron chi connectivity index (χ4n) is 9.80. The summed E-state index contributed by atoms with van der Waals surface area (Å²) >= 11 is 0. The molecule has 0 radical (unpaired) electrons. The number of hydrogen-bond acceptors (Lipinski definition) is 7. The summed E-state index contributed by atoms with van der Waals surface area (Å²) in [6.45, 7) is 4.17. The van der Waals surface area contributed by atoms with Gasteiger partial charge in [0.1, 0.15) is 19.8 Å². The Hall–Kier alpha value is -5.93. The van der Waals surface area contributed by atoms with Crippen LogP contribution in [0.1, 0.15) is 271 Å². The topological polar surface area (TPSA) is 108 Å². The van der Waals surface area contributed by atoms with Crippen molar-refractivity contribution in [1.29, 1.82) is 0 Å². The first-order valence-electron chi connectivity index (χ1n) is 39.1. The molecule has 0 bridgehead atoms. The Kier molecular flexibility index (Phi) is 72.7. The first-order valence-corrected chi connectivity index (χ1v) is 40.6. The molecule has 0 aliphatic carbocycles. The van der Waals surface area contributed by atoms with E-state index in [4.69, 9.17) is 18.5 Å². The van der Waals surface area contributed by atoms with E-state index >= 15 is 0 Å². The van der Waals surface area contributed by atoms with Crippen LogP contribution >= 0.6 is 7.82 Å². The van der Waals surface area contributed by atoms with Crippen LogP contribution < -0.4 is 0 Å². The standard InChI is InChI=1S/C90H142NO8P/c1-6-8-10-12-14-16-18-20-22-24-26-28-30-32-34-36-38-40-42-44-45-47-49-51-53-55-57-59-61-63-65-67-69-71-73-75-77-79-81-83-90(93)99-88(87-98-100(94,95)97-85-84-91(3,4)5)86-96-89(92)82-80-78-76-74-72-70-68-66-64-62-60-58-56-54-52-50-48-46-43-41-39-37-35-33-31-29-27-25-23-21-19-17-15-13-11-9-7-2/h8-11,14-17,20-23,26-29,32-35,38-41,44-46,48-49,51-52,54-55,57-58,60-61,63,88H,6-7,12-13,18-19,24-25,30-31,36-37,42-43,47,50,53,56,59,62,64-87H2,1-5H3/p+1/b10-8-,11-9-,16-14-,17-15-,22-20-,23-21-,28-26-,29-27-,34-32-,35-33-,40-38-,41-39-,45-44-,48-46-,51-49-,54-52-,57-55-,60-58-,63-61-. The Morgan fingerprint density at radius 3 is 0.800 bits per heavy atom. The van der Waals surface area contributed by atoms with Gasteiger partial charge in [0.25, 0.3) is 0 Å². The quantitative estimate of drug-likeness (QED) is 0.0211. The number of phosphoric ester groups is 1. The number of quaternary nitrogens is 1. The lowest BCUT2D eigenvalue weighted by Gasteiger charge is -2.24. The van der Waals surface area contributed by atoms with Crippen molar-refractivity contribution in [3.05, 3.63) is 231 Å². The molecule has 560 valence electrons. The molecule has 0 aliphatic rings. The molecule has 0 aromatic rings. The maximum Gasteiger partial charge on any atom is 0.472 e. The second kappa shape index (κ2) is 77.2. The van der Waals surface area contributed by atoms with Crippen molar-refractivity contribution < 1.29 is 42.1 Å². The van der Waals surface area contributed by atoms with Gasteiger partial charge in [-0.15, -0.1) is 0 Å². The highest BCUT2D eigenvalue weighted by Gasteiger charge is 2.27. The number of carbonyl (C=O) groups excluding carboxylic acids is 2. The molecule has 0 fully saturated rings. The van der Waals surface area contributed by atoms with Crippen LogP contribution in [-0.4, -0.2) is 74.9 Å². The van der Waals surface area contributed by atoms with E-state index in [1.54, 1.807) is 0 Å². The van der Waals surface area contributed by atoms with E-state index in [0.29, 0.717) is 17.4 Å². The highest BCUT2D eigenvalue weighted by atomic mass is 31.2. The van der Waals surface area contributed by atoms with Gasteiger partial charge in [-0.05, 0) is 161 Å². The van der Waals surface area contributed by atoms with E-state index in [1.165, 1.54) is 57.8 Å². The third kappa shape index (κ3) is 81.0. The third-order valence-corrected chi connectivity index (χ3v) is 16.7. The van der Waals surface area contributed by atoms with E-state index in [-0.39, 0.29) is 32.0 Å². The van der Waals surface area contributed by atoms with Crippen molar-refractivity contribution in [2.45, 2.75) is 277 Å². The number of phosphoric acid groups is 1. The minimum Gasteiger partial charge on any atom is -0.462 e. The molecule has 0 aromatic carbocycles. The van der Waals surface area contributed by atoms with Gasteiger partial charge in [-0.1, -0.05) is 328 Å². The van der Waals surface area contributed by atoms with Crippen LogP contribution in [0.2, 0.25) is 0 Å². The van der Waals surface area contributed by atoms with Crippen LogP contribution in [0.3, 0.4) is 0 Å². The summed E-state index contributed by atoms with van der Waals surface area (Å²) in [5.74, 6) is -0.828. The van der Waals surface area contributed by atoms with Crippen LogP contribution in [0.25, 0.3) is 0 Å². The fourth-order valence-corrected chi connectivity index (χ4v) is 10.5. The molecule has 0 saturated heterocycles. The van der Waals surface area contributed by atoms with Gasteiger partial charge in [0.2, 0.25) is 0 Å². The Balaban J connectivity index is 4.14. The molecule has 0 amide bonds. The lowest BCUT2D eigenvalue weighted by Crippen LogP contribution is -2.37. The summed E-state index contributed by atoms with van der Waals surface area (Å²) in [5.41, 5.74) is 0.